The maximum atomic E-state index is 12.4. The average Bonchev–Trinajstić information content (AvgIpc) is 3.19. The quantitative estimate of drug-likeness (QED) is 0.781. The van der Waals surface area contributed by atoms with E-state index in [0.29, 0.717) is 11.5 Å². The molecule has 1 saturated carbocycles. The minimum Gasteiger partial charge on any atom is -0.352 e. The summed E-state index contributed by atoms with van der Waals surface area (Å²) in [6.45, 7) is 12.2. The van der Waals surface area contributed by atoms with E-state index in [1.807, 2.05) is 0 Å². The molecule has 0 bridgehead atoms. The van der Waals surface area contributed by atoms with Gasteiger partial charge in [0.2, 0.25) is 5.91 Å². The Morgan fingerprint density at radius 1 is 1.25 bits per heavy atom. The van der Waals surface area contributed by atoms with Crippen LogP contribution in [0.1, 0.15) is 46.0 Å². The molecule has 2 heterocycles. The van der Waals surface area contributed by atoms with Crippen LogP contribution < -0.4 is 10.6 Å². The van der Waals surface area contributed by atoms with Crippen LogP contribution in [0.2, 0.25) is 0 Å². The molecule has 2 N–H and O–H groups in total. The summed E-state index contributed by atoms with van der Waals surface area (Å²) in [7, 11) is 0. The molecule has 3 aliphatic rings. The van der Waals surface area contributed by atoms with Crippen LogP contribution in [0.15, 0.2) is 0 Å². The number of hydrogen-bond donors (Lipinski definition) is 2. The van der Waals surface area contributed by atoms with Gasteiger partial charge in [-0.1, -0.05) is 19.8 Å². The van der Waals surface area contributed by atoms with Crippen molar-refractivity contribution in [2.45, 2.75) is 58.0 Å². The van der Waals surface area contributed by atoms with Crippen molar-refractivity contribution in [2.75, 3.05) is 45.8 Å². The second-order valence-electron chi connectivity index (χ2n) is 8.22. The monoisotopic (exact) mass is 358 g/mol. The van der Waals surface area contributed by atoms with Gasteiger partial charge in [0.25, 0.3) is 0 Å². The zero-order valence-electron chi connectivity index (χ0n) is 15.4. The lowest BCUT2D eigenvalue weighted by atomic mass is 9.89. The van der Waals surface area contributed by atoms with Crippen LogP contribution in [0.4, 0.5) is 0 Å². The number of carbonyl (C=O) groups is 1. The van der Waals surface area contributed by atoms with Gasteiger partial charge in [0.15, 0.2) is 0 Å². The Hall–Kier alpha value is -0.360. The van der Waals surface area contributed by atoms with Crippen LogP contribution in [-0.4, -0.2) is 73.6 Å². The zero-order valence-corrected chi connectivity index (χ0v) is 16.2. The summed E-state index contributed by atoms with van der Waals surface area (Å²) in [4.78, 5) is 17.4. The van der Waals surface area contributed by atoms with Gasteiger partial charge in [0.05, 0.1) is 6.04 Å². The van der Waals surface area contributed by atoms with Gasteiger partial charge in [-0.05, 0) is 38.1 Å². The van der Waals surface area contributed by atoms with Gasteiger partial charge in [-0.25, -0.2) is 0 Å². The largest absolute Gasteiger partial charge is 0.352 e. The van der Waals surface area contributed by atoms with E-state index >= 15 is 0 Å². The van der Waals surface area contributed by atoms with Crippen molar-refractivity contribution in [1.82, 2.24) is 20.4 Å². The molecule has 2 aliphatic heterocycles. The van der Waals surface area contributed by atoms with Crippen molar-refractivity contribution in [1.29, 1.82) is 0 Å². The van der Waals surface area contributed by atoms with Crippen LogP contribution in [0.3, 0.4) is 0 Å². The van der Waals surface area contributed by atoms with E-state index in [-0.39, 0.29) is 24.4 Å². The fourth-order valence-corrected chi connectivity index (χ4v) is 4.41. The van der Waals surface area contributed by atoms with Gasteiger partial charge in [-0.3, -0.25) is 9.69 Å². The molecule has 140 valence electrons. The van der Waals surface area contributed by atoms with Crippen molar-refractivity contribution in [2.24, 2.45) is 5.41 Å². The van der Waals surface area contributed by atoms with Crippen LogP contribution >= 0.6 is 12.4 Å². The van der Waals surface area contributed by atoms with E-state index < -0.39 is 0 Å². The molecule has 24 heavy (non-hydrogen) atoms. The van der Waals surface area contributed by atoms with Crippen molar-refractivity contribution < 1.29 is 4.79 Å². The van der Waals surface area contributed by atoms with Gasteiger partial charge in [-0.15, -0.1) is 12.4 Å². The third kappa shape index (κ3) is 5.07. The van der Waals surface area contributed by atoms with E-state index in [1.165, 1.54) is 38.6 Å². The summed E-state index contributed by atoms with van der Waals surface area (Å²) in [5.74, 6) is 0.234. The fourth-order valence-electron chi connectivity index (χ4n) is 4.41. The van der Waals surface area contributed by atoms with Crippen LogP contribution in [0.25, 0.3) is 0 Å². The van der Waals surface area contributed by atoms with Gasteiger partial charge in [0, 0.05) is 45.3 Å². The van der Waals surface area contributed by atoms with Crippen molar-refractivity contribution in [3.8, 4) is 0 Å². The van der Waals surface area contributed by atoms with Crippen molar-refractivity contribution in [3.63, 3.8) is 0 Å². The number of hydrogen-bond acceptors (Lipinski definition) is 4. The first-order valence-corrected chi connectivity index (χ1v) is 9.53. The molecule has 2 saturated heterocycles. The predicted octanol–water partition coefficient (Wildman–Crippen LogP) is 1.47. The lowest BCUT2D eigenvalue weighted by Gasteiger charge is -2.40. The minimum absolute atomic E-state index is 0. The number of rotatable bonds is 5. The normalized spacial score (nSPS) is 30.9. The molecule has 5 nitrogen and oxygen atoms in total. The van der Waals surface area contributed by atoms with Gasteiger partial charge in [-0.2, -0.15) is 0 Å². The van der Waals surface area contributed by atoms with E-state index in [0.717, 1.165) is 39.3 Å². The summed E-state index contributed by atoms with van der Waals surface area (Å²) in [5.41, 5.74) is 0.438. The highest BCUT2D eigenvalue weighted by Gasteiger charge is 2.33. The molecule has 0 radical (unpaired) electrons. The Morgan fingerprint density at radius 2 is 1.92 bits per heavy atom. The van der Waals surface area contributed by atoms with Crippen LogP contribution in [-0.2, 0) is 4.79 Å². The smallest absolute Gasteiger partial charge is 0.237 e. The molecule has 6 heteroatoms. The highest BCUT2D eigenvalue weighted by Crippen LogP contribution is 2.26. The first-order chi connectivity index (χ1) is 11.1. The molecule has 1 amide bonds. The van der Waals surface area contributed by atoms with Crippen LogP contribution in [0.5, 0.6) is 0 Å². The summed E-state index contributed by atoms with van der Waals surface area (Å²) in [6.07, 6.45) is 6.16. The Morgan fingerprint density at radius 3 is 2.50 bits per heavy atom. The molecule has 2 atom stereocenters. The zero-order chi connectivity index (χ0) is 16.3. The molecule has 3 rings (SSSR count). The lowest BCUT2D eigenvalue weighted by molar-refractivity contribution is -0.127. The maximum absolute atomic E-state index is 12.4. The predicted molar refractivity (Wildman–Crippen MR) is 101 cm³/mol. The van der Waals surface area contributed by atoms with E-state index in [9.17, 15) is 4.79 Å². The number of amides is 1. The van der Waals surface area contributed by atoms with Gasteiger partial charge < -0.3 is 15.5 Å². The summed E-state index contributed by atoms with van der Waals surface area (Å²) < 4.78 is 0. The molecule has 0 aromatic heterocycles. The third-order valence-corrected chi connectivity index (χ3v) is 6.10. The number of piperazine rings is 1. The first-order valence-electron chi connectivity index (χ1n) is 9.53. The number of nitrogens with one attached hydrogen (secondary N) is 2. The molecule has 0 aromatic rings. The summed E-state index contributed by atoms with van der Waals surface area (Å²) in [5, 5.41) is 6.74. The van der Waals surface area contributed by atoms with Crippen LogP contribution in [0, 0.1) is 5.41 Å². The lowest BCUT2D eigenvalue weighted by Crippen LogP contribution is -2.56. The molecule has 2 unspecified atom stereocenters. The Labute approximate surface area is 153 Å². The molecule has 1 aliphatic carbocycles. The average molecular weight is 359 g/mol. The second-order valence-corrected chi connectivity index (χ2v) is 8.22. The van der Waals surface area contributed by atoms with Gasteiger partial charge >= 0.3 is 0 Å². The Balaban J connectivity index is 0.00000208. The Kier molecular flexibility index (Phi) is 7.35. The molecule has 0 aromatic carbocycles. The second kappa shape index (κ2) is 8.84. The molecule has 0 spiro atoms. The van der Waals surface area contributed by atoms with E-state index in [4.69, 9.17) is 0 Å². The number of nitrogens with zero attached hydrogens (tertiary/aromatic N) is 2. The molecule has 3 fully saturated rings. The summed E-state index contributed by atoms with van der Waals surface area (Å²) in [6, 6.07) is 0.447. The highest BCUT2D eigenvalue weighted by atomic mass is 35.5. The van der Waals surface area contributed by atoms with Crippen molar-refractivity contribution in [3.05, 3.63) is 0 Å². The molecular formula is C18H35ClN4O. The maximum Gasteiger partial charge on any atom is 0.237 e. The van der Waals surface area contributed by atoms with E-state index in [1.54, 1.807) is 0 Å². The standard InChI is InChI=1S/C18H34N4O.ClH/c1-15(17(23)20-16-5-3-4-6-16)22-11-9-21(10-12-22)14-18(2)7-8-19-13-18;/h15-16,19H,3-14H2,1-2H3,(H,20,23);1H. The topological polar surface area (TPSA) is 47.6 Å². The third-order valence-electron chi connectivity index (χ3n) is 6.10. The Bertz CT molecular complexity index is 400. The molecular weight excluding hydrogens is 324 g/mol. The number of carbonyl (C=O) groups excluding carboxylic acids is 1. The SMILES string of the molecule is CC(C(=O)NC1CCCC1)N1CCN(CC2(C)CCNC2)CC1.Cl. The van der Waals surface area contributed by atoms with E-state index in [2.05, 4.69) is 34.3 Å². The summed E-state index contributed by atoms with van der Waals surface area (Å²) >= 11 is 0. The first kappa shape index (κ1) is 20.0. The fraction of sp³-hybridized carbons (Fsp3) is 0.944. The van der Waals surface area contributed by atoms with Gasteiger partial charge in [0.1, 0.15) is 0 Å². The highest BCUT2D eigenvalue weighted by molar-refractivity contribution is 5.85. The minimum atomic E-state index is 0. The number of halogens is 1. The van der Waals surface area contributed by atoms with Crippen molar-refractivity contribution >= 4 is 18.3 Å².